The van der Waals surface area contributed by atoms with Gasteiger partial charge in [0.15, 0.2) is 0 Å². The first-order valence-electron chi connectivity index (χ1n) is 7.96. The van der Waals surface area contributed by atoms with Crippen LogP contribution in [0.3, 0.4) is 0 Å². The Morgan fingerprint density at radius 3 is 1.90 bits per heavy atom. The molecular formula is C15H33NaO3S. The molecule has 0 N–H and O–H groups in total. The quantitative estimate of drug-likeness (QED) is 0.293. The van der Waals surface area contributed by atoms with E-state index < -0.39 is 10.1 Å². The van der Waals surface area contributed by atoms with Crippen LogP contribution < -0.4 is 0 Å². The molecule has 0 fully saturated rings. The summed E-state index contributed by atoms with van der Waals surface area (Å²) in [5.41, 5.74) is 0. The van der Waals surface area contributed by atoms with Crippen molar-refractivity contribution in [2.24, 2.45) is 0 Å². The molecule has 0 saturated carbocycles. The number of unbranched alkanes of at least 4 members (excludes halogenated alkanes) is 6. The van der Waals surface area contributed by atoms with Gasteiger partial charge in [-0.2, -0.15) is 8.42 Å². The molecule has 1 atom stereocenters. The molecule has 0 radical (unpaired) electrons. The molecule has 0 aliphatic heterocycles. The van der Waals surface area contributed by atoms with Crippen LogP contribution in [0.15, 0.2) is 0 Å². The van der Waals surface area contributed by atoms with E-state index in [9.17, 15) is 8.42 Å². The fourth-order valence-electron chi connectivity index (χ4n) is 2.18. The van der Waals surface area contributed by atoms with Crippen LogP contribution in [0.25, 0.3) is 0 Å². The molecule has 0 aliphatic carbocycles. The number of hydrogen-bond donors (Lipinski definition) is 0. The average molecular weight is 316 g/mol. The summed E-state index contributed by atoms with van der Waals surface area (Å²) in [6.07, 6.45) is 10.7. The summed E-state index contributed by atoms with van der Waals surface area (Å²) in [6.45, 7) is 6.38. The molecule has 0 spiro atoms. The standard InChI is InChI=1S/C15H32O3S.Na.H/c1-4-7-8-9-10-11-12-13-15(6-3)19(16,17)18-14-5-2;;/h15H,4-14H2,1-3H3;;. The molecule has 0 aromatic carbocycles. The zero-order chi connectivity index (χ0) is 14.6. The van der Waals surface area contributed by atoms with Crippen LogP contribution in [-0.4, -0.2) is 49.8 Å². The summed E-state index contributed by atoms with van der Waals surface area (Å²) in [6, 6.07) is 0. The van der Waals surface area contributed by atoms with Gasteiger partial charge in [-0.3, -0.25) is 4.18 Å². The summed E-state index contributed by atoms with van der Waals surface area (Å²) < 4.78 is 28.8. The predicted octanol–water partition coefficient (Wildman–Crippen LogP) is 4.01. The van der Waals surface area contributed by atoms with Gasteiger partial charge < -0.3 is 0 Å². The van der Waals surface area contributed by atoms with Gasteiger partial charge in [0, 0.05) is 0 Å². The van der Waals surface area contributed by atoms with Gasteiger partial charge in [0.25, 0.3) is 10.1 Å². The predicted molar refractivity (Wildman–Crippen MR) is 89.0 cm³/mol. The van der Waals surface area contributed by atoms with Crippen LogP contribution in [0.1, 0.15) is 85.0 Å². The Hall–Kier alpha value is 0.910. The van der Waals surface area contributed by atoms with Crippen molar-refractivity contribution in [3.05, 3.63) is 0 Å². The molecule has 0 amide bonds. The first-order valence-corrected chi connectivity index (χ1v) is 9.43. The third-order valence-corrected chi connectivity index (χ3v) is 5.33. The van der Waals surface area contributed by atoms with Gasteiger partial charge in [0.05, 0.1) is 11.9 Å². The zero-order valence-electron chi connectivity index (χ0n) is 13.0. The molecule has 0 aliphatic rings. The van der Waals surface area contributed by atoms with Gasteiger partial charge >= 0.3 is 29.6 Å². The second-order valence-electron chi connectivity index (χ2n) is 5.26. The summed E-state index contributed by atoms with van der Waals surface area (Å²) >= 11 is 0. The Bertz CT molecular complexity index is 291. The van der Waals surface area contributed by atoms with E-state index in [0.717, 1.165) is 25.7 Å². The van der Waals surface area contributed by atoms with Gasteiger partial charge in [-0.25, -0.2) is 0 Å². The molecule has 0 saturated heterocycles. The van der Waals surface area contributed by atoms with Gasteiger partial charge in [0.2, 0.25) is 0 Å². The van der Waals surface area contributed by atoms with Gasteiger partial charge in [-0.05, 0) is 19.3 Å². The van der Waals surface area contributed by atoms with Crippen LogP contribution >= 0.6 is 0 Å². The number of hydrogen-bond acceptors (Lipinski definition) is 3. The molecule has 1 unspecified atom stereocenters. The third kappa shape index (κ3) is 11.6. The molecular weight excluding hydrogens is 283 g/mol. The summed E-state index contributed by atoms with van der Waals surface area (Å²) in [5.74, 6) is 0. The van der Waals surface area contributed by atoms with Crippen molar-refractivity contribution in [1.82, 2.24) is 0 Å². The van der Waals surface area contributed by atoms with E-state index in [2.05, 4.69) is 6.92 Å². The van der Waals surface area contributed by atoms with E-state index >= 15 is 0 Å². The zero-order valence-corrected chi connectivity index (χ0v) is 13.8. The second-order valence-corrected chi connectivity index (χ2v) is 7.14. The molecule has 3 nitrogen and oxygen atoms in total. The van der Waals surface area contributed by atoms with E-state index in [1.807, 2.05) is 13.8 Å². The van der Waals surface area contributed by atoms with Crippen molar-refractivity contribution in [2.45, 2.75) is 90.2 Å². The minimum absolute atomic E-state index is 0. The fourth-order valence-corrected chi connectivity index (χ4v) is 3.63. The Morgan fingerprint density at radius 2 is 1.40 bits per heavy atom. The Morgan fingerprint density at radius 1 is 0.850 bits per heavy atom. The van der Waals surface area contributed by atoms with E-state index in [4.69, 9.17) is 4.18 Å². The average Bonchev–Trinajstić information content (AvgIpc) is 2.39. The number of rotatable bonds is 13. The third-order valence-electron chi connectivity index (χ3n) is 3.44. The van der Waals surface area contributed by atoms with Crippen molar-refractivity contribution in [2.75, 3.05) is 6.61 Å². The maximum absolute atomic E-state index is 11.9. The molecule has 0 aromatic heterocycles. The van der Waals surface area contributed by atoms with Gasteiger partial charge in [-0.15, -0.1) is 0 Å². The van der Waals surface area contributed by atoms with Gasteiger partial charge in [-0.1, -0.05) is 65.7 Å². The van der Waals surface area contributed by atoms with Gasteiger partial charge in [0.1, 0.15) is 0 Å². The molecule has 20 heavy (non-hydrogen) atoms. The maximum atomic E-state index is 11.9. The van der Waals surface area contributed by atoms with Crippen molar-refractivity contribution >= 4 is 39.7 Å². The Labute approximate surface area is 148 Å². The van der Waals surface area contributed by atoms with E-state index in [0.29, 0.717) is 13.0 Å². The van der Waals surface area contributed by atoms with Crippen molar-refractivity contribution in [3.8, 4) is 0 Å². The molecule has 118 valence electrons. The van der Waals surface area contributed by atoms with Crippen molar-refractivity contribution in [1.29, 1.82) is 0 Å². The molecule has 0 bridgehead atoms. The fraction of sp³-hybridized carbons (Fsp3) is 1.00. The Kier molecular flexibility index (Phi) is 17.2. The van der Waals surface area contributed by atoms with Crippen molar-refractivity contribution < 1.29 is 12.6 Å². The van der Waals surface area contributed by atoms with E-state index in [1.54, 1.807) is 0 Å². The topological polar surface area (TPSA) is 43.4 Å². The Balaban J connectivity index is 0. The van der Waals surface area contributed by atoms with E-state index in [1.165, 1.54) is 32.1 Å². The van der Waals surface area contributed by atoms with Crippen LogP contribution in [0.5, 0.6) is 0 Å². The summed E-state index contributed by atoms with van der Waals surface area (Å²) in [7, 11) is -3.34. The summed E-state index contributed by atoms with van der Waals surface area (Å²) in [4.78, 5) is 0. The molecule has 5 heteroatoms. The molecule has 0 aromatic rings. The van der Waals surface area contributed by atoms with Crippen LogP contribution in [0.4, 0.5) is 0 Å². The normalized spacial score (nSPS) is 12.9. The van der Waals surface area contributed by atoms with Crippen molar-refractivity contribution in [3.63, 3.8) is 0 Å². The molecule has 0 rings (SSSR count). The summed E-state index contributed by atoms with van der Waals surface area (Å²) in [5, 5.41) is -0.310. The van der Waals surface area contributed by atoms with Crippen LogP contribution in [0.2, 0.25) is 0 Å². The monoisotopic (exact) mass is 316 g/mol. The molecule has 0 heterocycles. The minimum atomic E-state index is -3.34. The van der Waals surface area contributed by atoms with Crippen LogP contribution in [-0.2, 0) is 14.3 Å². The van der Waals surface area contributed by atoms with Crippen LogP contribution in [0, 0.1) is 0 Å². The second kappa shape index (κ2) is 14.8. The van der Waals surface area contributed by atoms with E-state index in [-0.39, 0.29) is 34.8 Å². The SMILES string of the molecule is CCCCCCCCCC(CC)S(=O)(=O)OCCC.[NaH]. The first kappa shape index (κ1) is 23.2. The first-order chi connectivity index (χ1) is 9.08.